The third kappa shape index (κ3) is 2.80. The average Bonchev–Trinajstić information content (AvgIpc) is 2.74. The Labute approximate surface area is 125 Å². The molecule has 0 spiro atoms. The first-order valence-electron chi connectivity index (χ1n) is 7.74. The van der Waals surface area contributed by atoms with Crippen LogP contribution in [0.1, 0.15) is 26.1 Å². The summed E-state index contributed by atoms with van der Waals surface area (Å²) in [7, 11) is 0. The summed E-state index contributed by atoms with van der Waals surface area (Å²) in [4.78, 5) is 19.2. The Morgan fingerprint density at radius 3 is 2.62 bits per heavy atom. The first-order chi connectivity index (χ1) is 10.0. The maximum absolute atomic E-state index is 12.6. The molecule has 0 unspecified atom stereocenters. The van der Waals surface area contributed by atoms with Crippen LogP contribution in [0, 0.1) is 18.8 Å². The molecule has 112 valence electrons. The Balaban J connectivity index is 1.81. The Morgan fingerprint density at radius 1 is 1.24 bits per heavy atom. The van der Waals surface area contributed by atoms with Crippen LogP contribution in [0.15, 0.2) is 24.3 Å². The lowest BCUT2D eigenvalue weighted by Crippen LogP contribution is -2.44. The molecule has 1 aromatic carbocycles. The highest BCUT2D eigenvalue weighted by atomic mass is 16.2. The standard InChI is InChI=1S/C17H23N3O/c1-12-8-13(2)10-19(9-12)17(21)11-20-14(3)18-15-6-4-5-7-16(15)20/h4-7,12-13H,8-11H2,1-3H3/t12-,13-/m0/s1. The number of piperidine rings is 1. The molecular formula is C17H23N3O. The van der Waals surface area contributed by atoms with Gasteiger partial charge in [0.15, 0.2) is 0 Å². The number of aromatic nitrogens is 2. The van der Waals surface area contributed by atoms with Gasteiger partial charge in [-0.05, 0) is 37.3 Å². The first-order valence-corrected chi connectivity index (χ1v) is 7.74. The summed E-state index contributed by atoms with van der Waals surface area (Å²) in [5.74, 6) is 2.30. The van der Waals surface area contributed by atoms with E-state index in [0.29, 0.717) is 18.4 Å². The number of carbonyl (C=O) groups is 1. The van der Waals surface area contributed by atoms with Gasteiger partial charge in [0.2, 0.25) is 5.91 Å². The van der Waals surface area contributed by atoms with Gasteiger partial charge in [0.25, 0.3) is 0 Å². The summed E-state index contributed by atoms with van der Waals surface area (Å²) in [6.07, 6.45) is 1.22. The number of hydrogen-bond donors (Lipinski definition) is 0. The van der Waals surface area contributed by atoms with Crippen LogP contribution in [0.4, 0.5) is 0 Å². The van der Waals surface area contributed by atoms with Gasteiger partial charge >= 0.3 is 0 Å². The third-order valence-corrected chi connectivity index (χ3v) is 4.36. The summed E-state index contributed by atoms with van der Waals surface area (Å²) < 4.78 is 2.03. The molecule has 1 amide bonds. The molecule has 2 atom stereocenters. The van der Waals surface area contributed by atoms with Gasteiger partial charge in [0, 0.05) is 13.1 Å². The molecule has 0 bridgehead atoms. The van der Waals surface area contributed by atoms with Crippen molar-refractivity contribution in [1.82, 2.24) is 14.5 Å². The Hall–Kier alpha value is -1.84. The maximum atomic E-state index is 12.6. The molecule has 3 rings (SSSR count). The maximum Gasteiger partial charge on any atom is 0.242 e. The van der Waals surface area contributed by atoms with Crippen LogP contribution in [0.3, 0.4) is 0 Å². The normalized spacial score (nSPS) is 22.7. The molecule has 0 aliphatic carbocycles. The SMILES string of the molecule is Cc1nc2ccccc2n1CC(=O)N1C[C@@H](C)C[C@H](C)C1. The van der Waals surface area contributed by atoms with E-state index in [2.05, 4.69) is 18.8 Å². The van der Waals surface area contributed by atoms with E-state index in [9.17, 15) is 4.79 Å². The Morgan fingerprint density at radius 2 is 1.90 bits per heavy atom. The van der Waals surface area contributed by atoms with E-state index in [0.717, 1.165) is 29.9 Å². The van der Waals surface area contributed by atoms with Crippen molar-refractivity contribution in [1.29, 1.82) is 0 Å². The Kier molecular flexibility index (Phi) is 3.70. The molecule has 0 saturated carbocycles. The van der Waals surface area contributed by atoms with E-state index in [1.165, 1.54) is 6.42 Å². The largest absolute Gasteiger partial charge is 0.341 e. The van der Waals surface area contributed by atoms with Gasteiger partial charge < -0.3 is 9.47 Å². The number of fused-ring (bicyclic) bond motifs is 1. The van der Waals surface area contributed by atoms with Gasteiger partial charge in [-0.3, -0.25) is 4.79 Å². The molecule has 1 fully saturated rings. The predicted molar refractivity (Wildman–Crippen MR) is 84.0 cm³/mol. The minimum atomic E-state index is 0.208. The number of nitrogens with zero attached hydrogens (tertiary/aromatic N) is 3. The lowest BCUT2D eigenvalue weighted by Gasteiger charge is -2.35. The predicted octanol–water partition coefficient (Wildman–Crippen LogP) is 2.85. The smallest absolute Gasteiger partial charge is 0.242 e. The highest BCUT2D eigenvalue weighted by molar-refractivity contribution is 5.81. The minimum absolute atomic E-state index is 0.208. The van der Waals surface area contributed by atoms with Gasteiger partial charge in [-0.15, -0.1) is 0 Å². The number of imidazole rings is 1. The van der Waals surface area contributed by atoms with Crippen LogP contribution in [-0.2, 0) is 11.3 Å². The monoisotopic (exact) mass is 285 g/mol. The summed E-state index contributed by atoms with van der Waals surface area (Å²) >= 11 is 0. The van der Waals surface area contributed by atoms with E-state index in [-0.39, 0.29) is 5.91 Å². The molecule has 4 nitrogen and oxygen atoms in total. The number of likely N-dealkylation sites (tertiary alicyclic amines) is 1. The molecule has 0 radical (unpaired) electrons. The zero-order chi connectivity index (χ0) is 15.0. The summed E-state index contributed by atoms with van der Waals surface area (Å²) in [5, 5.41) is 0. The highest BCUT2D eigenvalue weighted by Crippen LogP contribution is 2.22. The number of hydrogen-bond acceptors (Lipinski definition) is 2. The topological polar surface area (TPSA) is 38.1 Å². The lowest BCUT2D eigenvalue weighted by atomic mass is 9.92. The second-order valence-corrected chi connectivity index (χ2v) is 6.48. The van der Waals surface area contributed by atoms with Crippen LogP contribution in [0.25, 0.3) is 11.0 Å². The first kappa shape index (κ1) is 14.1. The zero-order valence-corrected chi connectivity index (χ0v) is 13.0. The fourth-order valence-corrected chi connectivity index (χ4v) is 3.50. The van der Waals surface area contributed by atoms with Crippen LogP contribution in [-0.4, -0.2) is 33.4 Å². The van der Waals surface area contributed by atoms with Crippen molar-refractivity contribution in [3.63, 3.8) is 0 Å². The summed E-state index contributed by atoms with van der Waals surface area (Å²) in [6.45, 7) is 8.59. The fourth-order valence-electron chi connectivity index (χ4n) is 3.50. The highest BCUT2D eigenvalue weighted by Gasteiger charge is 2.25. The minimum Gasteiger partial charge on any atom is -0.341 e. The third-order valence-electron chi connectivity index (χ3n) is 4.36. The van der Waals surface area contributed by atoms with Crippen LogP contribution >= 0.6 is 0 Å². The quantitative estimate of drug-likeness (QED) is 0.851. The second kappa shape index (κ2) is 5.51. The molecule has 1 aliphatic rings. The number of rotatable bonds is 2. The molecule has 2 aromatic rings. The number of para-hydroxylation sites is 2. The number of amides is 1. The summed E-state index contributed by atoms with van der Waals surface area (Å²) in [6, 6.07) is 8.00. The molecule has 1 saturated heterocycles. The molecule has 4 heteroatoms. The van der Waals surface area contributed by atoms with Crippen molar-refractivity contribution in [3.8, 4) is 0 Å². The van der Waals surface area contributed by atoms with Crippen molar-refractivity contribution < 1.29 is 4.79 Å². The average molecular weight is 285 g/mol. The molecule has 1 aliphatic heterocycles. The van der Waals surface area contributed by atoms with Crippen molar-refractivity contribution in [3.05, 3.63) is 30.1 Å². The molecule has 1 aromatic heterocycles. The molecule has 21 heavy (non-hydrogen) atoms. The van der Waals surface area contributed by atoms with Crippen molar-refractivity contribution >= 4 is 16.9 Å². The van der Waals surface area contributed by atoms with E-state index >= 15 is 0 Å². The van der Waals surface area contributed by atoms with Gasteiger partial charge in [0.1, 0.15) is 12.4 Å². The fraction of sp³-hybridized carbons (Fsp3) is 0.529. The van der Waals surface area contributed by atoms with Gasteiger partial charge in [-0.2, -0.15) is 0 Å². The van der Waals surface area contributed by atoms with Gasteiger partial charge in [-0.1, -0.05) is 26.0 Å². The van der Waals surface area contributed by atoms with Crippen LogP contribution in [0.5, 0.6) is 0 Å². The second-order valence-electron chi connectivity index (χ2n) is 6.48. The van der Waals surface area contributed by atoms with Gasteiger partial charge in [-0.25, -0.2) is 4.98 Å². The lowest BCUT2D eigenvalue weighted by molar-refractivity contribution is -0.134. The van der Waals surface area contributed by atoms with E-state index in [1.807, 2.05) is 40.7 Å². The van der Waals surface area contributed by atoms with Crippen LogP contribution in [0.2, 0.25) is 0 Å². The zero-order valence-electron chi connectivity index (χ0n) is 13.0. The van der Waals surface area contributed by atoms with E-state index in [4.69, 9.17) is 0 Å². The number of benzene rings is 1. The van der Waals surface area contributed by atoms with Crippen molar-refractivity contribution in [2.24, 2.45) is 11.8 Å². The molecule has 0 N–H and O–H groups in total. The summed E-state index contributed by atoms with van der Waals surface area (Å²) in [5.41, 5.74) is 2.00. The van der Waals surface area contributed by atoms with Crippen molar-refractivity contribution in [2.45, 2.75) is 33.7 Å². The van der Waals surface area contributed by atoms with Gasteiger partial charge in [0.05, 0.1) is 11.0 Å². The molecular weight excluding hydrogens is 262 g/mol. The van der Waals surface area contributed by atoms with E-state index < -0.39 is 0 Å². The number of aryl methyl sites for hydroxylation is 1. The van der Waals surface area contributed by atoms with Crippen molar-refractivity contribution in [2.75, 3.05) is 13.1 Å². The Bertz CT molecular complexity index is 651. The van der Waals surface area contributed by atoms with Crippen LogP contribution < -0.4 is 0 Å². The number of carbonyl (C=O) groups excluding carboxylic acids is 1. The molecule has 2 heterocycles. The van der Waals surface area contributed by atoms with E-state index in [1.54, 1.807) is 0 Å².